The highest BCUT2D eigenvalue weighted by Gasteiger charge is 2.19. The molecule has 24 heavy (non-hydrogen) atoms. The van der Waals surface area contributed by atoms with E-state index in [2.05, 4.69) is 12.2 Å². The number of nitrogens with zero attached hydrogens (tertiary/aromatic N) is 1. The van der Waals surface area contributed by atoms with E-state index in [1.54, 1.807) is 0 Å². The summed E-state index contributed by atoms with van der Waals surface area (Å²) in [7, 11) is 0. The average molecular weight is 339 g/mol. The van der Waals surface area contributed by atoms with E-state index >= 15 is 0 Å². The van der Waals surface area contributed by atoms with Crippen molar-refractivity contribution in [3.8, 4) is 0 Å². The predicted octanol–water partition coefficient (Wildman–Crippen LogP) is 6.13. The highest BCUT2D eigenvalue weighted by molar-refractivity contribution is 5.69. The van der Waals surface area contributed by atoms with E-state index in [9.17, 15) is 4.79 Å². The maximum Gasteiger partial charge on any atom is 0.307 e. The number of carbonyl (C=O) groups excluding carboxylic acids is 1. The molecule has 0 amide bonds. The Balaban J connectivity index is 1.72. The molecule has 0 aromatic carbocycles. The fraction of sp³-hybridized carbons (Fsp3) is 0.952. The van der Waals surface area contributed by atoms with Gasteiger partial charge in [0.2, 0.25) is 0 Å². The summed E-state index contributed by atoms with van der Waals surface area (Å²) < 4.78 is 5.32. The fourth-order valence-corrected chi connectivity index (χ4v) is 3.36. The van der Waals surface area contributed by atoms with Gasteiger partial charge in [-0.25, -0.2) is 5.32 Å². The standard InChI is InChI=1S/C21H40NO2/c1-2-3-4-5-6-7-8-9-10-11-12-13-14-15-18-21(23)24-20-17-16-19-22-20/h20H,2-19H2,1H3. The van der Waals surface area contributed by atoms with E-state index in [1.807, 2.05) is 0 Å². The van der Waals surface area contributed by atoms with Crippen LogP contribution in [-0.4, -0.2) is 18.7 Å². The van der Waals surface area contributed by atoms with Gasteiger partial charge in [-0.3, -0.25) is 4.79 Å². The lowest BCUT2D eigenvalue weighted by atomic mass is 10.0. The van der Waals surface area contributed by atoms with Gasteiger partial charge in [0.15, 0.2) is 6.23 Å². The molecule has 141 valence electrons. The molecular weight excluding hydrogens is 298 g/mol. The van der Waals surface area contributed by atoms with Crippen LogP contribution in [0, 0.1) is 0 Å². The zero-order chi connectivity index (χ0) is 17.3. The van der Waals surface area contributed by atoms with Crippen molar-refractivity contribution in [2.75, 3.05) is 6.54 Å². The number of hydrogen-bond acceptors (Lipinski definition) is 2. The monoisotopic (exact) mass is 338 g/mol. The molecule has 1 heterocycles. The van der Waals surface area contributed by atoms with Crippen molar-refractivity contribution in [1.29, 1.82) is 0 Å². The van der Waals surface area contributed by atoms with Crippen molar-refractivity contribution in [3.63, 3.8) is 0 Å². The first kappa shape index (κ1) is 21.5. The third-order valence-corrected chi connectivity index (χ3v) is 4.94. The summed E-state index contributed by atoms with van der Waals surface area (Å²) in [5, 5.41) is 4.25. The van der Waals surface area contributed by atoms with E-state index in [0.29, 0.717) is 6.42 Å². The molecule has 0 bridgehead atoms. The van der Waals surface area contributed by atoms with Gasteiger partial charge in [0.25, 0.3) is 0 Å². The van der Waals surface area contributed by atoms with Crippen molar-refractivity contribution >= 4 is 5.97 Å². The van der Waals surface area contributed by atoms with Crippen molar-refractivity contribution in [2.24, 2.45) is 0 Å². The molecule has 3 heteroatoms. The van der Waals surface area contributed by atoms with Crippen LogP contribution in [0.25, 0.3) is 0 Å². The Bertz CT molecular complexity index is 288. The van der Waals surface area contributed by atoms with Crippen LogP contribution < -0.4 is 5.32 Å². The molecule has 0 aromatic heterocycles. The summed E-state index contributed by atoms with van der Waals surface area (Å²) >= 11 is 0. The number of unbranched alkanes of at least 4 members (excludes halogenated alkanes) is 13. The highest BCUT2D eigenvalue weighted by Crippen LogP contribution is 2.14. The molecule has 0 N–H and O–H groups in total. The Morgan fingerprint density at radius 1 is 0.833 bits per heavy atom. The summed E-state index contributed by atoms with van der Waals surface area (Å²) in [6.45, 7) is 3.13. The summed E-state index contributed by atoms with van der Waals surface area (Å²) in [5.74, 6) is -0.0513. The zero-order valence-corrected chi connectivity index (χ0v) is 16.1. The number of ether oxygens (including phenoxy) is 1. The molecule has 1 rings (SSSR count). The van der Waals surface area contributed by atoms with Gasteiger partial charge in [-0.1, -0.05) is 90.4 Å². The van der Waals surface area contributed by atoms with Crippen LogP contribution in [0.4, 0.5) is 0 Å². The maximum absolute atomic E-state index is 11.6. The Morgan fingerprint density at radius 3 is 1.79 bits per heavy atom. The molecule has 1 aliphatic heterocycles. The molecule has 0 saturated carbocycles. The smallest absolute Gasteiger partial charge is 0.307 e. The van der Waals surface area contributed by atoms with Crippen LogP contribution >= 0.6 is 0 Å². The molecular formula is C21H40NO2. The summed E-state index contributed by atoms with van der Waals surface area (Å²) in [6, 6.07) is 0. The van der Waals surface area contributed by atoms with Crippen LogP contribution in [-0.2, 0) is 9.53 Å². The minimum absolute atomic E-state index is 0.0513. The molecule has 3 nitrogen and oxygen atoms in total. The van der Waals surface area contributed by atoms with Gasteiger partial charge in [0, 0.05) is 19.4 Å². The molecule has 1 fully saturated rings. The van der Waals surface area contributed by atoms with Crippen LogP contribution in [0.5, 0.6) is 0 Å². The second-order valence-corrected chi connectivity index (χ2v) is 7.34. The van der Waals surface area contributed by atoms with Gasteiger partial charge >= 0.3 is 5.97 Å². The molecule has 0 spiro atoms. The van der Waals surface area contributed by atoms with Crippen LogP contribution in [0.2, 0.25) is 0 Å². The Kier molecular flexibility index (Phi) is 14.3. The number of esters is 1. The lowest BCUT2D eigenvalue weighted by Gasteiger charge is -2.10. The maximum atomic E-state index is 11.6. The largest absolute Gasteiger partial charge is 0.445 e. The Labute approximate surface area is 150 Å². The first-order chi connectivity index (χ1) is 11.8. The van der Waals surface area contributed by atoms with E-state index < -0.39 is 0 Å². The van der Waals surface area contributed by atoms with Crippen molar-refractivity contribution in [3.05, 3.63) is 0 Å². The van der Waals surface area contributed by atoms with Gasteiger partial charge in [-0.15, -0.1) is 0 Å². The van der Waals surface area contributed by atoms with Crippen LogP contribution in [0.3, 0.4) is 0 Å². The van der Waals surface area contributed by atoms with Crippen LogP contribution in [0.15, 0.2) is 0 Å². The Hall–Kier alpha value is -0.570. The summed E-state index contributed by atoms with van der Waals surface area (Å²) in [5.41, 5.74) is 0. The third-order valence-electron chi connectivity index (χ3n) is 4.94. The summed E-state index contributed by atoms with van der Waals surface area (Å²) in [4.78, 5) is 11.6. The second kappa shape index (κ2) is 15.9. The lowest BCUT2D eigenvalue weighted by molar-refractivity contribution is -0.150. The predicted molar refractivity (Wildman–Crippen MR) is 101 cm³/mol. The first-order valence-electron chi connectivity index (χ1n) is 10.7. The third kappa shape index (κ3) is 12.8. The molecule has 0 aromatic rings. The average Bonchev–Trinajstić information content (AvgIpc) is 3.08. The summed E-state index contributed by atoms with van der Waals surface area (Å²) in [6.07, 6.45) is 21.2. The van der Waals surface area contributed by atoms with Gasteiger partial charge in [0.05, 0.1) is 0 Å². The normalized spacial score (nSPS) is 17.3. The fourth-order valence-electron chi connectivity index (χ4n) is 3.36. The van der Waals surface area contributed by atoms with E-state index in [-0.39, 0.29) is 12.2 Å². The minimum Gasteiger partial charge on any atom is -0.445 e. The molecule has 1 unspecified atom stereocenters. The van der Waals surface area contributed by atoms with Gasteiger partial charge in [-0.2, -0.15) is 0 Å². The first-order valence-corrected chi connectivity index (χ1v) is 10.7. The van der Waals surface area contributed by atoms with E-state index in [4.69, 9.17) is 4.74 Å². The number of rotatable bonds is 16. The van der Waals surface area contributed by atoms with Gasteiger partial charge in [-0.05, 0) is 12.8 Å². The zero-order valence-electron chi connectivity index (χ0n) is 16.1. The Morgan fingerprint density at radius 2 is 1.33 bits per heavy atom. The molecule has 1 aliphatic rings. The van der Waals surface area contributed by atoms with Crippen molar-refractivity contribution < 1.29 is 9.53 Å². The van der Waals surface area contributed by atoms with Crippen molar-refractivity contribution in [1.82, 2.24) is 5.32 Å². The second-order valence-electron chi connectivity index (χ2n) is 7.34. The van der Waals surface area contributed by atoms with E-state index in [0.717, 1.165) is 32.2 Å². The van der Waals surface area contributed by atoms with Crippen LogP contribution in [0.1, 0.15) is 116 Å². The molecule has 1 radical (unpaired) electrons. The quantitative estimate of drug-likeness (QED) is 0.251. The lowest BCUT2D eigenvalue weighted by Crippen LogP contribution is -2.22. The SMILES string of the molecule is CCCCCCCCCCCCCCCCC(=O)OC1CCC[N]1. The van der Waals surface area contributed by atoms with E-state index in [1.165, 1.54) is 77.0 Å². The highest BCUT2D eigenvalue weighted by atomic mass is 16.6. The topological polar surface area (TPSA) is 40.4 Å². The molecule has 0 aliphatic carbocycles. The molecule has 1 atom stereocenters. The number of carbonyl (C=O) groups is 1. The number of hydrogen-bond donors (Lipinski definition) is 0. The minimum atomic E-state index is -0.135. The molecule has 1 saturated heterocycles. The van der Waals surface area contributed by atoms with Gasteiger partial charge < -0.3 is 4.74 Å². The van der Waals surface area contributed by atoms with Gasteiger partial charge in [0.1, 0.15) is 0 Å². The van der Waals surface area contributed by atoms with Crippen molar-refractivity contribution in [2.45, 2.75) is 122 Å².